The van der Waals surface area contributed by atoms with Gasteiger partial charge in [0.05, 0.1) is 0 Å². The van der Waals surface area contributed by atoms with E-state index >= 15 is 0 Å². The number of rotatable bonds is 6. The summed E-state index contributed by atoms with van der Waals surface area (Å²) in [6.45, 7) is 2.43. The molecule has 0 aliphatic carbocycles. The van der Waals surface area contributed by atoms with Crippen LogP contribution in [-0.2, 0) is 16.0 Å². The first kappa shape index (κ1) is 14.8. The summed E-state index contributed by atoms with van der Waals surface area (Å²) in [5.41, 5.74) is 1.28. The highest BCUT2D eigenvalue weighted by Gasteiger charge is 2.28. The van der Waals surface area contributed by atoms with Crippen molar-refractivity contribution in [2.24, 2.45) is 0 Å². The average molecular weight is 273 g/mol. The second kappa shape index (κ2) is 7.22. The third-order valence-electron chi connectivity index (χ3n) is 3.92. The minimum Gasteiger partial charge on any atom is -0.339 e. The maximum Gasteiger partial charge on any atom is 0.222 e. The van der Waals surface area contributed by atoms with Crippen molar-refractivity contribution in [1.82, 2.24) is 4.90 Å². The van der Waals surface area contributed by atoms with Crippen LogP contribution in [0, 0.1) is 0 Å². The van der Waals surface area contributed by atoms with Crippen molar-refractivity contribution in [3.05, 3.63) is 35.9 Å². The van der Waals surface area contributed by atoms with Crippen LogP contribution >= 0.6 is 0 Å². The molecule has 1 aromatic carbocycles. The minimum atomic E-state index is 0.150. The van der Waals surface area contributed by atoms with Crippen LogP contribution in [0.4, 0.5) is 0 Å². The molecule has 3 nitrogen and oxygen atoms in total. The van der Waals surface area contributed by atoms with E-state index < -0.39 is 0 Å². The minimum absolute atomic E-state index is 0.150. The van der Waals surface area contributed by atoms with E-state index in [0.29, 0.717) is 12.8 Å². The summed E-state index contributed by atoms with van der Waals surface area (Å²) in [6, 6.07) is 10.4. The Labute approximate surface area is 121 Å². The number of Topliss-reactive ketones (excluding diaryl/α,β-unsaturated/α-hetero) is 1. The van der Waals surface area contributed by atoms with Crippen molar-refractivity contribution in [1.29, 1.82) is 0 Å². The predicted molar refractivity (Wildman–Crippen MR) is 79.4 cm³/mol. The Morgan fingerprint density at radius 1 is 1.25 bits per heavy atom. The van der Waals surface area contributed by atoms with Crippen LogP contribution in [0.3, 0.4) is 0 Å². The second-order valence-electron chi connectivity index (χ2n) is 5.63. The average Bonchev–Trinajstić information content (AvgIpc) is 2.87. The summed E-state index contributed by atoms with van der Waals surface area (Å²) in [5.74, 6) is 0.392. The van der Waals surface area contributed by atoms with Crippen LogP contribution < -0.4 is 0 Å². The van der Waals surface area contributed by atoms with Crippen molar-refractivity contribution in [2.75, 3.05) is 6.54 Å². The molecule has 1 heterocycles. The standard InChI is InChI=1S/C17H23NO2/c1-14(19)13-16-10-6-12-18(16)17(20)11-5-9-15-7-3-2-4-8-15/h2-4,7-8,16H,5-6,9-13H2,1H3. The molecule has 2 rings (SSSR count). The Kier molecular flexibility index (Phi) is 5.33. The first-order valence-electron chi connectivity index (χ1n) is 7.49. The zero-order chi connectivity index (χ0) is 14.4. The molecule has 3 heteroatoms. The van der Waals surface area contributed by atoms with Crippen LogP contribution in [0.5, 0.6) is 0 Å². The topological polar surface area (TPSA) is 37.4 Å². The summed E-state index contributed by atoms with van der Waals surface area (Å²) < 4.78 is 0. The Hall–Kier alpha value is -1.64. The highest BCUT2D eigenvalue weighted by Crippen LogP contribution is 2.21. The van der Waals surface area contributed by atoms with Gasteiger partial charge in [-0.15, -0.1) is 0 Å². The van der Waals surface area contributed by atoms with Gasteiger partial charge in [-0.25, -0.2) is 0 Å². The summed E-state index contributed by atoms with van der Waals surface area (Å²) in [4.78, 5) is 25.4. The number of hydrogen-bond acceptors (Lipinski definition) is 2. The monoisotopic (exact) mass is 273 g/mol. The quantitative estimate of drug-likeness (QED) is 0.799. The molecule has 1 fully saturated rings. The fraction of sp³-hybridized carbons (Fsp3) is 0.529. The first-order chi connectivity index (χ1) is 9.66. The van der Waals surface area contributed by atoms with Gasteiger partial charge in [0.15, 0.2) is 0 Å². The lowest BCUT2D eigenvalue weighted by atomic mass is 10.1. The van der Waals surface area contributed by atoms with Gasteiger partial charge < -0.3 is 4.90 Å². The molecule has 1 aromatic rings. The molecule has 1 saturated heterocycles. The van der Waals surface area contributed by atoms with Crippen LogP contribution in [-0.4, -0.2) is 29.2 Å². The smallest absolute Gasteiger partial charge is 0.222 e. The van der Waals surface area contributed by atoms with E-state index in [1.54, 1.807) is 6.92 Å². The number of hydrogen-bond donors (Lipinski definition) is 0. The molecule has 108 valence electrons. The first-order valence-corrected chi connectivity index (χ1v) is 7.49. The van der Waals surface area contributed by atoms with Crippen LogP contribution in [0.2, 0.25) is 0 Å². The number of carbonyl (C=O) groups excluding carboxylic acids is 2. The lowest BCUT2D eigenvalue weighted by Crippen LogP contribution is -2.36. The normalized spacial score (nSPS) is 18.2. The zero-order valence-corrected chi connectivity index (χ0v) is 12.2. The number of nitrogens with zero attached hydrogens (tertiary/aromatic N) is 1. The fourth-order valence-electron chi connectivity index (χ4n) is 2.94. The predicted octanol–water partition coefficient (Wildman–Crippen LogP) is 2.98. The maximum atomic E-state index is 12.2. The number of likely N-dealkylation sites (tertiary alicyclic amines) is 1. The van der Waals surface area contributed by atoms with Gasteiger partial charge >= 0.3 is 0 Å². The Balaban J connectivity index is 1.78. The molecule has 0 bridgehead atoms. The van der Waals surface area contributed by atoms with Gasteiger partial charge in [-0.3, -0.25) is 9.59 Å². The molecule has 0 radical (unpaired) electrons. The van der Waals surface area contributed by atoms with E-state index in [1.165, 1.54) is 5.56 Å². The summed E-state index contributed by atoms with van der Waals surface area (Å²) >= 11 is 0. The lowest BCUT2D eigenvalue weighted by Gasteiger charge is -2.24. The van der Waals surface area contributed by atoms with E-state index in [4.69, 9.17) is 0 Å². The summed E-state index contributed by atoms with van der Waals surface area (Å²) in [5, 5.41) is 0. The fourth-order valence-corrected chi connectivity index (χ4v) is 2.94. The van der Waals surface area contributed by atoms with Crippen molar-refractivity contribution in [2.45, 2.75) is 51.5 Å². The van der Waals surface area contributed by atoms with E-state index in [1.807, 2.05) is 23.1 Å². The van der Waals surface area contributed by atoms with Crippen molar-refractivity contribution >= 4 is 11.7 Å². The van der Waals surface area contributed by atoms with Gasteiger partial charge in [0, 0.05) is 25.4 Å². The third-order valence-corrected chi connectivity index (χ3v) is 3.92. The molecule has 0 spiro atoms. The van der Waals surface area contributed by atoms with Crippen molar-refractivity contribution < 1.29 is 9.59 Å². The number of benzene rings is 1. The lowest BCUT2D eigenvalue weighted by molar-refractivity contribution is -0.132. The Morgan fingerprint density at radius 3 is 2.70 bits per heavy atom. The van der Waals surface area contributed by atoms with Gasteiger partial charge in [0.2, 0.25) is 5.91 Å². The molecule has 0 saturated carbocycles. The maximum absolute atomic E-state index is 12.2. The number of ketones is 1. The van der Waals surface area contributed by atoms with Crippen molar-refractivity contribution in [3.8, 4) is 0 Å². The zero-order valence-electron chi connectivity index (χ0n) is 12.2. The van der Waals surface area contributed by atoms with E-state index in [9.17, 15) is 9.59 Å². The largest absolute Gasteiger partial charge is 0.339 e. The molecule has 1 aliphatic heterocycles. The molecule has 0 aromatic heterocycles. The molecular weight excluding hydrogens is 250 g/mol. The molecule has 0 N–H and O–H groups in total. The SMILES string of the molecule is CC(=O)CC1CCCN1C(=O)CCCc1ccccc1. The number of amides is 1. The van der Waals surface area contributed by atoms with Gasteiger partial charge in [-0.2, -0.15) is 0 Å². The molecule has 1 aliphatic rings. The highest BCUT2D eigenvalue weighted by atomic mass is 16.2. The third kappa shape index (κ3) is 4.19. The molecule has 1 unspecified atom stereocenters. The van der Waals surface area contributed by atoms with Gasteiger partial charge in [-0.05, 0) is 38.2 Å². The van der Waals surface area contributed by atoms with Crippen LogP contribution in [0.1, 0.15) is 44.6 Å². The Bertz CT molecular complexity index is 455. The molecule has 1 amide bonds. The van der Waals surface area contributed by atoms with Crippen LogP contribution in [0.15, 0.2) is 30.3 Å². The highest BCUT2D eigenvalue weighted by molar-refractivity contribution is 5.80. The van der Waals surface area contributed by atoms with Crippen LogP contribution in [0.25, 0.3) is 0 Å². The van der Waals surface area contributed by atoms with E-state index in [-0.39, 0.29) is 17.7 Å². The Morgan fingerprint density at radius 2 is 2.00 bits per heavy atom. The number of aryl methyl sites for hydroxylation is 1. The number of carbonyl (C=O) groups is 2. The van der Waals surface area contributed by atoms with Gasteiger partial charge in [-0.1, -0.05) is 30.3 Å². The van der Waals surface area contributed by atoms with E-state index in [0.717, 1.165) is 32.2 Å². The van der Waals surface area contributed by atoms with Gasteiger partial charge in [0.1, 0.15) is 5.78 Å². The van der Waals surface area contributed by atoms with Gasteiger partial charge in [0.25, 0.3) is 0 Å². The molecule has 20 heavy (non-hydrogen) atoms. The summed E-state index contributed by atoms with van der Waals surface area (Å²) in [7, 11) is 0. The molecular formula is C17H23NO2. The second-order valence-corrected chi connectivity index (χ2v) is 5.63. The van der Waals surface area contributed by atoms with E-state index in [2.05, 4.69) is 12.1 Å². The summed E-state index contributed by atoms with van der Waals surface area (Å²) in [6.07, 6.45) is 4.93. The van der Waals surface area contributed by atoms with Crippen molar-refractivity contribution in [3.63, 3.8) is 0 Å². The molecule has 1 atom stereocenters.